The molecule has 0 radical (unpaired) electrons. The number of rotatable bonds is 7. The average molecular weight is 572 g/mol. The van der Waals surface area contributed by atoms with Gasteiger partial charge in [-0.15, -0.1) is 0 Å². The summed E-state index contributed by atoms with van der Waals surface area (Å²) in [5.41, 5.74) is 4.55. The van der Waals surface area contributed by atoms with Crippen molar-refractivity contribution in [2.45, 2.75) is 13.5 Å². The zero-order chi connectivity index (χ0) is 28.5. The molecule has 5 aromatic rings. The number of likely N-dealkylation sites (N-methyl/N-ethyl adjacent to an activating group) is 1. The zero-order valence-electron chi connectivity index (χ0n) is 23.1. The average Bonchev–Trinajstić information content (AvgIpc) is 3.62. The van der Waals surface area contributed by atoms with Gasteiger partial charge >= 0.3 is 0 Å². The molecule has 3 aromatic heterocycles. The Labute approximate surface area is 242 Å². The highest BCUT2D eigenvalue weighted by Gasteiger charge is 2.18. The van der Waals surface area contributed by atoms with E-state index in [0.29, 0.717) is 44.8 Å². The molecule has 11 heteroatoms. The van der Waals surface area contributed by atoms with E-state index in [0.717, 1.165) is 38.3 Å². The van der Waals surface area contributed by atoms with Crippen LogP contribution in [0.5, 0.6) is 11.6 Å². The molecule has 0 aliphatic carbocycles. The van der Waals surface area contributed by atoms with Gasteiger partial charge in [0.1, 0.15) is 17.4 Å². The zero-order valence-corrected chi connectivity index (χ0v) is 23.9. The van der Waals surface area contributed by atoms with Gasteiger partial charge < -0.3 is 19.4 Å². The number of furan rings is 1. The Morgan fingerprint density at radius 2 is 1.90 bits per heavy atom. The second kappa shape index (κ2) is 11.3. The first-order valence-electron chi connectivity index (χ1n) is 13.4. The van der Waals surface area contributed by atoms with Crippen LogP contribution in [0.4, 0.5) is 5.69 Å². The minimum absolute atomic E-state index is 0.287. The number of nitrogens with one attached hydrogen (secondary N) is 1. The SMILES string of the molecule is Cc1cc(NC(=O)c2cc(Oc3nc(-c4ccoc4)nc4nn(C)cc34)ccc2Cl)ccc1CN1CCN(C)CC1. The van der Waals surface area contributed by atoms with Gasteiger partial charge in [-0.3, -0.25) is 14.4 Å². The van der Waals surface area contributed by atoms with E-state index in [2.05, 4.69) is 50.2 Å². The third-order valence-corrected chi connectivity index (χ3v) is 7.56. The summed E-state index contributed by atoms with van der Waals surface area (Å²) >= 11 is 6.45. The first-order valence-corrected chi connectivity index (χ1v) is 13.7. The molecule has 1 amide bonds. The van der Waals surface area contributed by atoms with Gasteiger partial charge in [-0.05, 0) is 61.5 Å². The van der Waals surface area contributed by atoms with Crippen LogP contribution in [0.2, 0.25) is 5.02 Å². The summed E-state index contributed by atoms with van der Waals surface area (Å²) in [5, 5.41) is 8.33. The molecule has 1 N–H and O–H groups in total. The minimum Gasteiger partial charge on any atom is -0.472 e. The van der Waals surface area contributed by atoms with E-state index < -0.39 is 0 Å². The Balaban J connectivity index is 1.20. The highest BCUT2D eigenvalue weighted by molar-refractivity contribution is 6.34. The quantitative estimate of drug-likeness (QED) is 0.278. The molecule has 0 spiro atoms. The number of carbonyl (C=O) groups excluding carboxylic acids is 1. The lowest BCUT2D eigenvalue weighted by Gasteiger charge is -2.32. The molecule has 6 rings (SSSR count). The van der Waals surface area contributed by atoms with Crippen molar-refractivity contribution in [1.82, 2.24) is 29.5 Å². The van der Waals surface area contributed by atoms with Crippen molar-refractivity contribution in [3.63, 3.8) is 0 Å². The van der Waals surface area contributed by atoms with E-state index in [4.69, 9.17) is 20.8 Å². The van der Waals surface area contributed by atoms with Crippen LogP contribution in [0.25, 0.3) is 22.4 Å². The summed E-state index contributed by atoms with van der Waals surface area (Å²) in [6.07, 6.45) is 4.89. The van der Waals surface area contributed by atoms with Crippen LogP contribution in [-0.2, 0) is 13.6 Å². The third-order valence-electron chi connectivity index (χ3n) is 7.23. The molecule has 1 aliphatic rings. The fraction of sp³-hybridized carbons (Fsp3) is 0.267. The largest absolute Gasteiger partial charge is 0.472 e. The van der Waals surface area contributed by atoms with Crippen LogP contribution in [0.15, 0.2) is 65.6 Å². The second-order valence-corrected chi connectivity index (χ2v) is 10.7. The lowest BCUT2D eigenvalue weighted by atomic mass is 10.1. The van der Waals surface area contributed by atoms with Gasteiger partial charge in [-0.2, -0.15) is 10.1 Å². The molecule has 0 bridgehead atoms. The van der Waals surface area contributed by atoms with Gasteiger partial charge in [-0.1, -0.05) is 17.7 Å². The number of carbonyl (C=O) groups is 1. The summed E-state index contributed by atoms with van der Waals surface area (Å²) in [4.78, 5) is 27.2. The third kappa shape index (κ3) is 5.95. The maximum absolute atomic E-state index is 13.3. The highest BCUT2D eigenvalue weighted by atomic mass is 35.5. The van der Waals surface area contributed by atoms with Crippen molar-refractivity contribution in [3.05, 3.63) is 82.9 Å². The topological polar surface area (TPSA) is 102 Å². The number of aromatic nitrogens is 4. The number of ether oxygens (including phenoxy) is 1. The van der Waals surface area contributed by atoms with Crippen LogP contribution in [0.1, 0.15) is 21.5 Å². The molecule has 41 heavy (non-hydrogen) atoms. The van der Waals surface area contributed by atoms with Crippen molar-refractivity contribution in [1.29, 1.82) is 0 Å². The van der Waals surface area contributed by atoms with E-state index in [9.17, 15) is 4.79 Å². The number of hydrogen-bond donors (Lipinski definition) is 1. The van der Waals surface area contributed by atoms with Crippen molar-refractivity contribution in [3.8, 4) is 23.0 Å². The monoisotopic (exact) mass is 571 g/mol. The first-order chi connectivity index (χ1) is 19.8. The molecular weight excluding hydrogens is 542 g/mol. The lowest BCUT2D eigenvalue weighted by molar-refractivity contribution is 0.102. The molecule has 0 unspecified atom stereocenters. The fourth-order valence-electron chi connectivity index (χ4n) is 4.84. The number of aryl methyl sites for hydroxylation is 2. The van der Waals surface area contributed by atoms with E-state index in [1.165, 1.54) is 5.56 Å². The van der Waals surface area contributed by atoms with Gasteiger partial charge in [0.25, 0.3) is 5.91 Å². The van der Waals surface area contributed by atoms with Crippen LogP contribution in [-0.4, -0.2) is 68.7 Å². The van der Waals surface area contributed by atoms with Gasteiger partial charge in [0, 0.05) is 51.7 Å². The molecule has 1 saturated heterocycles. The Morgan fingerprint density at radius 1 is 1.07 bits per heavy atom. The Hall–Kier alpha value is -4.25. The number of halogens is 1. The number of hydrogen-bond acceptors (Lipinski definition) is 8. The molecule has 4 heterocycles. The van der Waals surface area contributed by atoms with Crippen LogP contribution in [0, 0.1) is 6.92 Å². The molecule has 0 atom stereocenters. The maximum Gasteiger partial charge on any atom is 0.257 e. The summed E-state index contributed by atoms with van der Waals surface area (Å²) in [7, 11) is 3.96. The minimum atomic E-state index is -0.333. The number of benzene rings is 2. The number of anilines is 1. The van der Waals surface area contributed by atoms with E-state index in [-0.39, 0.29) is 11.5 Å². The highest BCUT2D eigenvalue weighted by Crippen LogP contribution is 2.32. The van der Waals surface area contributed by atoms with Gasteiger partial charge in [-0.25, -0.2) is 4.98 Å². The summed E-state index contributed by atoms with van der Waals surface area (Å²) < 4.78 is 13.0. The normalized spacial score (nSPS) is 14.4. The molecule has 1 aliphatic heterocycles. The van der Waals surface area contributed by atoms with E-state index >= 15 is 0 Å². The first kappa shape index (κ1) is 26.9. The predicted molar refractivity (Wildman–Crippen MR) is 157 cm³/mol. The van der Waals surface area contributed by atoms with Gasteiger partial charge in [0.15, 0.2) is 11.5 Å². The standard InChI is InChI=1S/C30H30ClN7O3/c1-19-14-22(5-4-20(19)16-38-11-9-36(2)10-12-38)32-29(39)24-15-23(6-7-26(24)31)41-30-25-17-37(3)35-28(25)33-27(34-30)21-8-13-40-18-21/h4-8,13-15,17-18H,9-12,16H2,1-3H3,(H,32,39). The number of fused-ring (bicyclic) bond motifs is 1. The molecule has 0 saturated carbocycles. The van der Waals surface area contributed by atoms with E-state index in [1.807, 2.05) is 12.1 Å². The molecule has 210 valence electrons. The van der Waals surface area contributed by atoms with Crippen LogP contribution >= 0.6 is 11.6 Å². The lowest BCUT2D eigenvalue weighted by Crippen LogP contribution is -2.43. The van der Waals surface area contributed by atoms with Crippen molar-refractivity contribution in [2.75, 3.05) is 38.5 Å². The van der Waals surface area contributed by atoms with Crippen LogP contribution < -0.4 is 10.1 Å². The molecule has 2 aromatic carbocycles. The predicted octanol–water partition coefficient (Wildman–Crippen LogP) is 5.38. The molecular formula is C30H30ClN7O3. The van der Waals surface area contributed by atoms with Crippen molar-refractivity contribution < 1.29 is 13.9 Å². The summed E-state index contributed by atoms with van der Waals surface area (Å²) in [6, 6.07) is 12.7. The summed E-state index contributed by atoms with van der Waals surface area (Å²) in [6.45, 7) is 7.23. The van der Waals surface area contributed by atoms with E-state index in [1.54, 1.807) is 54.7 Å². The number of amides is 1. The van der Waals surface area contributed by atoms with Crippen molar-refractivity contribution in [2.24, 2.45) is 7.05 Å². The summed E-state index contributed by atoms with van der Waals surface area (Å²) in [5.74, 6) is 0.790. The van der Waals surface area contributed by atoms with Gasteiger partial charge in [0.2, 0.25) is 5.88 Å². The Morgan fingerprint density at radius 3 is 2.66 bits per heavy atom. The maximum atomic E-state index is 13.3. The fourth-order valence-corrected chi connectivity index (χ4v) is 5.04. The smallest absolute Gasteiger partial charge is 0.257 e. The van der Waals surface area contributed by atoms with Gasteiger partial charge in [0.05, 0.1) is 22.4 Å². The Kier molecular flexibility index (Phi) is 7.44. The molecule has 1 fully saturated rings. The Bertz CT molecular complexity index is 1710. The number of piperazine rings is 1. The number of nitrogens with zero attached hydrogens (tertiary/aromatic N) is 6. The molecule has 10 nitrogen and oxygen atoms in total. The van der Waals surface area contributed by atoms with Crippen molar-refractivity contribution >= 4 is 34.2 Å². The van der Waals surface area contributed by atoms with Crippen LogP contribution in [0.3, 0.4) is 0 Å². The second-order valence-electron chi connectivity index (χ2n) is 10.3.